The second-order valence-corrected chi connectivity index (χ2v) is 6.48. The van der Waals surface area contributed by atoms with Crippen molar-refractivity contribution in [2.24, 2.45) is 0 Å². The SMILES string of the molecule is Cc1cc(S(=O)(=O)NCCNC2CC2)ccc1C#N. The summed E-state index contributed by atoms with van der Waals surface area (Å²) in [5.74, 6) is 0. The van der Waals surface area contributed by atoms with Gasteiger partial charge in [0, 0.05) is 19.1 Å². The minimum absolute atomic E-state index is 0.204. The number of nitrogens with zero attached hydrogens (tertiary/aromatic N) is 1. The summed E-state index contributed by atoms with van der Waals surface area (Å²) in [6, 6.07) is 7.11. The van der Waals surface area contributed by atoms with Crippen LogP contribution in [0.1, 0.15) is 24.0 Å². The number of benzene rings is 1. The van der Waals surface area contributed by atoms with E-state index in [4.69, 9.17) is 5.26 Å². The van der Waals surface area contributed by atoms with Crippen LogP contribution >= 0.6 is 0 Å². The Morgan fingerprint density at radius 3 is 2.68 bits per heavy atom. The van der Waals surface area contributed by atoms with E-state index in [1.807, 2.05) is 6.07 Å². The number of rotatable bonds is 6. The lowest BCUT2D eigenvalue weighted by Crippen LogP contribution is -2.32. The summed E-state index contributed by atoms with van der Waals surface area (Å²) < 4.78 is 26.6. The Morgan fingerprint density at radius 1 is 1.37 bits per heavy atom. The van der Waals surface area contributed by atoms with Crippen molar-refractivity contribution < 1.29 is 8.42 Å². The van der Waals surface area contributed by atoms with E-state index in [0.29, 0.717) is 30.3 Å². The van der Waals surface area contributed by atoms with Gasteiger partial charge in [-0.1, -0.05) is 0 Å². The number of nitrogens with one attached hydrogen (secondary N) is 2. The Balaban J connectivity index is 1.97. The van der Waals surface area contributed by atoms with E-state index < -0.39 is 10.0 Å². The number of hydrogen-bond acceptors (Lipinski definition) is 4. The first-order chi connectivity index (χ1) is 9.03. The average molecular weight is 279 g/mol. The molecule has 19 heavy (non-hydrogen) atoms. The first-order valence-electron chi connectivity index (χ1n) is 6.27. The molecule has 1 aliphatic carbocycles. The van der Waals surface area contributed by atoms with Crippen molar-refractivity contribution in [1.29, 1.82) is 5.26 Å². The molecule has 0 spiro atoms. The van der Waals surface area contributed by atoms with Crippen LogP contribution in [0.5, 0.6) is 0 Å². The van der Waals surface area contributed by atoms with E-state index in [9.17, 15) is 8.42 Å². The first-order valence-corrected chi connectivity index (χ1v) is 7.75. The fourth-order valence-corrected chi connectivity index (χ4v) is 2.88. The third kappa shape index (κ3) is 3.77. The molecule has 1 fully saturated rings. The van der Waals surface area contributed by atoms with Crippen LogP contribution in [-0.4, -0.2) is 27.5 Å². The molecule has 1 aromatic carbocycles. The molecule has 0 heterocycles. The second-order valence-electron chi connectivity index (χ2n) is 4.71. The van der Waals surface area contributed by atoms with Gasteiger partial charge in [0.25, 0.3) is 0 Å². The van der Waals surface area contributed by atoms with E-state index in [1.54, 1.807) is 6.92 Å². The fraction of sp³-hybridized carbons (Fsp3) is 0.462. The molecular formula is C13H17N3O2S. The number of aryl methyl sites for hydroxylation is 1. The second kappa shape index (κ2) is 5.70. The predicted octanol–water partition coefficient (Wildman–Crippen LogP) is 0.897. The highest BCUT2D eigenvalue weighted by Gasteiger charge is 2.20. The zero-order valence-electron chi connectivity index (χ0n) is 10.8. The molecule has 0 aliphatic heterocycles. The van der Waals surface area contributed by atoms with E-state index in [1.165, 1.54) is 31.0 Å². The van der Waals surface area contributed by atoms with Gasteiger partial charge < -0.3 is 5.32 Å². The highest BCUT2D eigenvalue weighted by Crippen LogP contribution is 2.18. The van der Waals surface area contributed by atoms with Crippen molar-refractivity contribution in [3.8, 4) is 6.07 Å². The summed E-state index contributed by atoms with van der Waals surface area (Å²) in [5, 5.41) is 12.1. The van der Waals surface area contributed by atoms with E-state index in [0.717, 1.165) is 0 Å². The molecule has 0 radical (unpaired) electrons. The van der Waals surface area contributed by atoms with Gasteiger partial charge in [-0.2, -0.15) is 5.26 Å². The summed E-state index contributed by atoms with van der Waals surface area (Å²) in [4.78, 5) is 0.204. The Morgan fingerprint density at radius 2 is 2.11 bits per heavy atom. The zero-order valence-corrected chi connectivity index (χ0v) is 11.6. The van der Waals surface area contributed by atoms with Crippen LogP contribution < -0.4 is 10.0 Å². The maximum Gasteiger partial charge on any atom is 0.240 e. The van der Waals surface area contributed by atoms with Crippen LogP contribution in [0.2, 0.25) is 0 Å². The van der Waals surface area contributed by atoms with Gasteiger partial charge in [0.2, 0.25) is 10.0 Å². The first kappa shape index (κ1) is 14.0. The summed E-state index contributed by atoms with van der Waals surface area (Å²) in [6.07, 6.45) is 2.36. The smallest absolute Gasteiger partial charge is 0.240 e. The van der Waals surface area contributed by atoms with Crippen molar-refractivity contribution in [2.45, 2.75) is 30.7 Å². The molecule has 1 aliphatic rings. The Hall–Kier alpha value is -1.42. The molecule has 2 N–H and O–H groups in total. The largest absolute Gasteiger partial charge is 0.313 e. The third-order valence-corrected chi connectivity index (χ3v) is 4.51. The fourth-order valence-electron chi connectivity index (χ4n) is 1.76. The molecule has 0 saturated heterocycles. The molecule has 6 heteroatoms. The molecule has 0 unspecified atom stereocenters. The highest BCUT2D eigenvalue weighted by atomic mass is 32.2. The number of hydrogen-bond donors (Lipinski definition) is 2. The van der Waals surface area contributed by atoms with Crippen LogP contribution in [0, 0.1) is 18.3 Å². The Labute approximate surface area is 113 Å². The van der Waals surface area contributed by atoms with Crippen molar-refractivity contribution in [2.75, 3.05) is 13.1 Å². The van der Waals surface area contributed by atoms with Crippen molar-refractivity contribution in [3.63, 3.8) is 0 Å². The van der Waals surface area contributed by atoms with Crippen LogP contribution in [0.3, 0.4) is 0 Å². The minimum Gasteiger partial charge on any atom is -0.313 e. The van der Waals surface area contributed by atoms with Crippen LogP contribution in [0.15, 0.2) is 23.1 Å². The number of sulfonamides is 1. The monoisotopic (exact) mass is 279 g/mol. The Kier molecular flexibility index (Phi) is 4.20. The zero-order chi connectivity index (χ0) is 13.9. The van der Waals surface area contributed by atoms with Gasteiger partial charge in [-0.3, -0.25) is 0 Å². The molecule has 102 valence electrons. The summed E-state index contributed by atoms with van der Waals surface area (Å²) in [5.41, 5.74) is 1.16. The lowest BCUT2D eigenvalue weighted by Gasteiger charge is -2.08. The van der Waals surface area contributed by atoms with Crippen LogP contribution in [0.25, 0.3) is 0 Å². The van der Waals surface area contributed by atoms with Gasteiger partial charge >= 0.3 is 0 Å². The molecule has 1 aromatic rings. The van der Waals surface area contributed by atoms with Crippen LogP contribution in [-0.2, 0) is 10.0 Å². The summed E-state index contributed by atoms with van der Waals surface area (Å²) in [7, 11) is -3.48. The molecule has 1 saturated carbocycles. The minimum atomic E-state index is -3.48. The van der Waals surface area contributed by atoms with Gasteiger partial charge in [-0.05, 0) is 43.5 Å². The molecule has 0 amide bonds. The van der Waals surface area contributed by atoms with Gasteiger partial charge in [0.15, 0.2) is 0 Å². The average Bonchev–Trinajstić information content (AvgIpc) is 3.18. The predicted molar refractivity (Wildman–Crippen MR) is 72.1 cm³/mol. The molecule has 0 bridgehead atoms. The normalized spacial score (nSPS) is 15.2. The maximum absolute atomic E-state index is 12.0. The topological polar surface area (TPSA) is 82.0 Å². The molecule has 0 atom stereocenters. The van der Waals surface area contributed by atoms with E-state index in [2.05, 4.69) is 10.0 Å². The molecule has 5 nitrogen and oxygen atoms in total. The standard InChI is InChI=1S/C13H17N3O2S/c1-10-8-13(5-2-11(10)9-14)19(17,18)16-7-6-15-12-3-4-12/h2,5,8,12,15-16H,3-4,6-7H2,1H3. The van der Waals surface area contributed by atoms with E-state index >= 15 is 0 Å². The lowest BCUT2D eigenvalue weighted by atomic mass is 10.1. The Bertz CT molecular complexity index is 601. The maximum atomic E-state index is 12.0. The van der Waals surface area contributed by atoms with Crippen molar-refractivity contribution in [3.05, 3.63) is 29.3 Å². The third-order valence-electron chi connectivity index (χ3n) is 3.06. The van der Waals surface area contributed by atoms with Gasteiger partial charge in [0.05, 0.1) is 16.5 Å². The molecule has 2 rings (SSSR count). The highest BCUT2D eigenvalue weighted by molar-refractivity contribution is 7.89. The van der Waals surface area contributed by atoms with E-state index in [-0.39, 0.29) is 4.90 Å². The quantitative estimate of drug-likeness (QED) is 0.758. The van der Waals surface area contributed by atoms with Gasteiger partial charge in [0.1, 0.15) is 0 Å². The lowest BCUT2D eigenvalue weighted by molar-refractivity contribution is 0.575. The molecule has 0 aromatic heterocycles. The summed E-state index contributed by atoms with van der Waals surface area (Å²) >= 11 is 0. The van der Waals surface area contributed by atoms with Gasteiger partial charge in [-0.25, -0.2) is 13.1 Å². The summed E-state index contributed by atoms with van der Waals surface area (Å²) in [6.45, 7) is 2.74. The van der Waals surface area contributed by atoms with Crippen molar-refractivity contribution >= 4 is 10.0 Å². The van der Waals surface area contributed by atoms with Crippen molar-refractivity contribution in [1.82, 2.24) is 10.0 Å². The molecular weight excluding hydrogens is 262 g/mol. The van der Waals surface area contributed by atoms with Gasteiger partial charge in [-0.15, -0.1) is 0 Å². The number of nitriles is 1. The van der Waals surface area contributed by atoms with Crippen LogP contribution in [0.4, 0.5) is 0 Å².